The Balaban J connectivity index is 1.61. The lowest BCUT2D eigenvalue weighted by Gasteiger charge is -2.18. The van der Waals surface area contributed by atoms with Crippen LogP contribution in [0.5, 0.6) is 17.2 Å². The molecule has 0 radical (unpaired) electrons. The van der Waals surface area contributed by atoms with Gasteiger partial charge in [-0.25, -0.2) is 4.68 Å². The van der Waals surface area contributed by atoms with E-state index in [0.29, 0.717) is 30.2 Å². The van der Waals surface area contributed by atoms with Crippen molar-refractivity contribution in [1.82, 2.24) is 19.2 Å². The normalized spacial score (nSPS) is 10.8. The summed E-state index contributed by atoms with van der Waals surface area (Å²) in [5, 5.41) is 4.78. The first-order valence-electron chi connectivity index (χ1n) is 11.3. The highest BCUT2D eigenvalue weighted by molar-refractivity contribution is 5.94. The summed E-state index contributed by atoms with van der Waals surface area (Å²) >= 11 is 0. The fourth-order valence-corrected chi connectivity index (χ4v) is 3.94. The van der Waals surface area contributed by atoms with Gasteiger partial charge in [-0.05, 0) is 66.6 Å². The number of aromatic nitrogens is 3. The molecule has 0 spiro atoms. The summed E-state index contributed by atoms with van der Waals surface area (Å²) in [5.41, 5.74) is 3.98. The van der Waals surface area contributed by atoms with Crippen LogP contribution in [0.25, 0.3) is 17.1 Å². The Kier molecular flexibility index (Phi) is 7.10. The number of hydrogen-bond acceptors (Lipinski definition) is 5. The van der Waals surface area contributed by atoms with Gasteiger partial charge >= 0.3 is 0 Å². The average molecular weight is 475 g/mol. The highest BCUT2D eigenvalue weighted by Gasteiger charge is 2.22. The van der Waals surface area contributed by atoms with E-state index in [1.807, 2.05) is 78.5 Å². The van der Waals surface area contributed by atoms with Crippen molar-refractivity contribution >= 4 is 5.91 Å². The Bertz CT molecular complexity index is 1310. The lowest BCUT2D eigenvalue weighted by Crippen LogP contribution is -2.30. The smallest absolute Gasteiger partial charge is 0.272 e. The Labute approximate surface area is 205 Å². The number of benzene rings is 2. The summed E-state index contributed by atoms with van der Waals surface area (Å²) in [6.07, 6.45) is 2.63. The van der Waals surface area contributed by atoms with Crippen LogP contribution in [0.2, 0.25) is 0 Å². The van der Waals surface area contributed by atoms with Crippen LogP contribution in [0, 0.1) is 0 Å². The molecule has 4 rings (SSSR count). The molecule has 0 aliphatic heterocycles. The van der Waals surface area contributed by atoms with E-state index in [-0.39, 0.29) is 5.91 Å². The molecule has 0 saturated heterocycles. The third-order valence-corrected chi connectivity index (χ3v) is 5.98. The SMILES string of the molecule is COc1ccc(-n2nc(-c3cccn3C)cc2C(=O)N(C)CCc2ccc(OC)c(OC)c2)cc1. The first-order chi connectivity index (χ1) is 16.9. The molecule has 4 aromatic rings. The molecule has 0 saturated carbocycles. The largest absolute Gasteiger partial charge is 0.497 e. The number of rotatable bonds is 9. The zero-order valence-electron chi connectivity index (χ0n) is 20.7. The molecule has 0 aliphatic rings. The van der Waals surface area contributed by atoms with Gasteiger partial charge in [0.15, 0.2) is 11.5 Å². The van der Waals surface area contributed by atoms with Crippen molar-refractivity contribution in [3.05, 3.63) is 78.1 Å². The third-order valence-electron chi connectivity index (χ3n) is 5.98. The number of ether oxygens (including phenoxy) is 3. The molecule has 0 N–H and O–H groups in total. The summed E-state index contributed by atoms with van der Waals surface area (Å²) in [6, 6.07) is 19.1. The van der Waals surface area contributed by atoms with E-state index < -0.39 is 0 Å². The molecule has 0 unspecified atom stereocenters. The molecule has 0 atom stereocenters. The van der Waals surface area contributed by atoms with Gasteiger partial charge in [0.2, 0.25) is 0 Å². The van der Waals surface area contributed by atoms with Crippen molar-refractivity contribution in [2.24, 2.45) is 7.05 Å². The van der Waals surface area contributed by atoms with Crippen molar-refractivity contribution < 1.29 is 19.0 Å². The third kappa shape index (κ3) is 5.01. The van der Waals surface area contributed by atoms with E-state index in [0.717, 1.165) is 28.4 Å². The zero-order chi connectivity index (χ0) is 24.9. The van der Waals surface area contributed by atoms with Crippen LogP contribution in [-0.4, -0.2) is 60.1 Å². The van der Waals surface area contributed by atoms with E-state index in [2.05, 4.69) is 0 Å². The second-order valence-corrected chi connectivity index (χ2v) is 8.20. The number of carbonyl (C=O) groups excluding carboxylic acids is 1. The standard InChI is InChI=1S/C27H30N4O4/c1-29-15-6-7-23(29)22-18-24(31(28-22)20-9-11-21(33-3)12-10-20)27(32)30(2)16-14-19-8-13-25(34-4)26(17-19)35-5/h6-13,15,17-18H,14,16H2,1-5H3. The van der Waals surface area contributed by atoms with Gasteiger partial charge in [0.25, 0.3) is 5.91 Å². The molecule has 182 valence electrons. The minimum absolute atomic E-state index is 0.116. The van der Waals surface area contributed by atoms with Crippen molar-refractivity contribution in [3.63, 3.8) is 0 Å². The van der Waals surface area contributed by atoms with Gasteiger partial charge < -0.3 is 23.7 Å². The average Bonchev–Trinajstić information content (AvgIpc) is 3.52. The summed E-state index contributed by atoms with van der Waals surface area (Å²) in [4.78, 5) is 15.3. The maximum Gasteiger partial charge on any atom is 0.272 e. The first kappa shape index (κ1) is 23.9. The van der Waals surface area contributed by atoms with E-state index in [9.17, 15) is 4.79 Å². The molecule has 35 heavy (non-hydrogen) atoms. The molecule has 0 aliphatic carbocycles. The molecular weight excluding hydrogens is 444 g/mol. The number of carbonyl (C=O) groups is 1. The van der Waals surface area contributed by atoms with E-state index in [1.165, 1.54) is 0 Å². The predicted octanol–water partition coefficient (Wildman–Crippen LogP) is 4.22. The Morgan fingerprint density at radius 2 is 1.69 bits per heavy atom. The predicted molar refractivity (Wildman–Crippen MR) is 135 cm³/mol. The second-order valence-electron chi connectivity index (χ2n) is 8.20. The van der Waals surface area contributed by atoms with Crippen LogP contribution < -0.4 is 14.2 Å². The number of nitrogens with zero attached hydrogens (tertiary/aromatic N) is 4. The van der Waals surface area contributed by atoms with Gasteiger partial charge in [-0.2, -0.15) is 5.10 Å². The maximum absolute atomic E-state index is 13.6. The zero-order valence-corrected chi connectivity index (χ0v) is 20.7. The summed E-state index contributed by atoms with van der Waals surface area (Å²) in [7, 11) is 8.61. The lowest BCUT2D eigenvalue weighted by molar-refractivity contribution is 0.0787. The van der Waals surface area contributed by atoms with Crippen LogP contribution in [0.1, 0.15) is 16.1 Å². The van der Waals surface area contributed by atoms with Gasteiger partial charge in [0.05, 0.1) is 32.7 Å². The maximum atomic E-state index is 13.6. The fraction of sp³-hybridized carbons (Fsp3) is 0.259. The molecule has 0 fully saturated rings. The minimum atomic E-state index is -0.116. The number of hydrogen-bond donors (Lipinski definition) is 0. The Morgan fingerprint density at radius 3 is 2.31 bits per heavy atom. The number of amides is 1. The van der Waals surface area contributed by atoms with Crippen LogP contribution >= 0.6 is 0 Å². The van der Waals surface area contributed by atoms with Gasteiger partial charge in [0.1, 0.15) is 17.1 Å². The highest BCUT2D eigenvalue weighted by Crippen LogP contribution is 2.28. The van der Waals surface area contributed by atoms with E-state index in [1.54, 1.807) is 38.0 Å². The first-order valence-corrected chi connectivity index (χ1v) is 11.3. The Morgan fingerprint density at radius 1 is 0.943 bits per heavy atom. The van der Waals surface area contributed by atoms with Gasteiger partial charge in [-0.1, -0.05) is 6.07 Å². The molecule has 2 heterocycles. The topological polar surface area (TPSA) is 70.8 Å². The fourth-order valence-electron chi connectivity index (χ4n) is 3.94. The van der Waals surface area contributed by atoms with E-state index >= 15 is 0 Å². The van der Waals surface area contributed by atoms with Crippen LogP contribution in [-0.2, 0) is 13.5 Å². The highest BCUT2D eigenvalue weighted by atomic mass is 16.5. The van der Waals surface area contributed by atoms with Gasteiger partial charge in [-0.15, -0.1) is 0 Å². The number of methoxy groups -OCH3 is 3. The van der Waals surface area contributed by atoms with E-state index in [4.69, 9.17) is 19.3 Å². The molecule has 1 amide bonds. The molecule has 0 bridgehead atoms. The monoisotopic (exact) mass is 474 g/mol. The summed E-state index contributed by atoms with van der Waals surface area (Å²) < 4.78 is 19.7. The number of aryl methyl sites for hydroxylation is 1. The van der Waals surface area contributed by atoms with Gasteiger partial charge in [0, 0.05) is 26.8 Å². The van der Waals surface area contributed by atoms with Crippen molar-refractivity contribution in [3.8, 4) is 34.3 Å². The quantitative estimate of drug-likeness (QED) is 0.363. The van der Waals surface area contributed by atoms with Crippen molar-refractivity contribution in [2.45, 2.75) is 6.42 Å². The summed E-state index contributed by atoms with van der Waals surface area (Å²) in [6.45, 7) is 0.529. The number of likely N-dealkylation sites (N-methyl/N-ethyl adjacent to an activating group) is 1. The van der Waals surface area contributed by atoms with Crippen LogP contribution in [0.3, 0.4) is 0 Å². The minimum Gasteiger partial charge on any atom is -0.497 e. The molecule has 8 nitrogen and oxygen atoms in total. The van der Waals surface area contributed by atoms with Crippen LogP contribution in [0.4, 0.5) is 0 Å². The van der Waals surface area contributed by atoms with Crippen molar-refractivity contribution in [2.75, 3.05) is 34.9 Å². The summed E-state index contributed by atoms with van der Waals surface area (Å²) in [5.74, 6) is 1.97. The van der Waals surface area contributed by atoms with Gasteiger partial charge in [-0.3, -0.25) is 4.79 Å². The van der Waals surface area contributed by atoms with Crippen molar-refractivity contribution in [1.29, 1.82) is 0 Å². The Hall–Kier alpha value is -4.20. The lowest BCUT2D eigenvalue weighted by atomic mass is 10.1. The molecule has 2 aromatic carbocycles. The molecule has 8 heteroatoms. The molecular formula is C27H30N4O4. The molecule has 2 aromatic heterocycles. The van der Waals surface area contributed by atoms with Crippen LogP contribution in [0.15, 0.2) is 66.9 Å². The second kappa shape index (κ2) is 10.4.